The fourth-order valence-electron chi connectivity index (χ4n) is 2.51. The Labute approximate surface area is 160 Å². The van der Waals surface area contributed by atoms with Gasteiger partial charge in [-0.3, -0.25) is 9.69 Å². The van der Waals surface area contributed by atoms with Crippen LogP contribution in [-0.2, 0) is 16.0 Å². The lowest BCUT2D eigenvalue weighted by Crippen LogP contribution is -2.45. The van der Waals surface area contributed by atoms with Gasteiger partial charge in [-0.05, 0) is 29.8 Å². The van der Waals surface area contributed by atoms with E-state index < -0.39 is 17.9 Å². The standard InChI is InChI=1S/C19H15NO4S2/c21-17-16(10-4-8-14-9-5-11-24-14)26-19(25)20(17)15(18(22)23)12-13-6-2-1-3-7-13/h1-11,15H,12H2,(H,22,23)/b8-4+,16-10-/t15-/m0/s1. The van der Waals surface area contributed by atoms with Crippen molar-refractivity contribution in [2.75, 3.05) is 0 Å². The molecule has 0 aliphatic carbocycles. The van der Waals surface area contributed by atoms with Gasteiger partial charge in [0.05, 0.1) is 11.2 Å². The first kappa shape index (κ1) is 18.2. The minimum Gasteiger partial charge on any atom is -0.480 e. The van der Waals surface area contributed by atoms with Crippen LogP contribution < -0.4 is 0 Å². The molecule has 0 unspecified atom stereocenters. The number of thiocarbonyl (C=S) groups is 1. The molecule has 0 spiro atoms. The molecule has 0 bridgehead atoms. The number of nitrogens with zero attached hydrogens (tertiary/aromatic N) is 1. The van der Waals surface area contributed by atoms with E-state index in [1.165, 1.54) is 4.90 Å². The number of furan rings is 1. The Morgan fingerprint density at radius 3 is 2.69 bits per heavy atom. The molecule has 132 valence electrons. The van der Waals surface area contributed by atoms with Crippen molar-refractivity contribution in [2.24, 2.45) is 0 Å². The summed E-state index contributed by atoms with van der Waals surface area (Å²) in [5.41, 5.74) is 0.829. The summed E-state index contributed by atoms with van der Waals surface area (Å²) in [7, 11) is 0. The maximum atomic E-state index is 12.7. The average molecular weight is 385 g/mol. The van der Waals surface area contributed by atoms with Gasteiger partial charge in [-0.25, -0.2) is 4.79 Å². The van der Waals surface area contributed by atoms with E-state index in [0.29, 0.717) is 10.7 Å². The van der Waals surface area contributed by atoms with Gasteiger partial charge in [-0.1, -0.05) is 60.4 Å². The SMILES string of the molecule is O=C(O)[C@H](Cc1ccccc1)N1C(=O)/C(=C/C=C/c2ccco2)SC1=S. The van der Waals surface area contributed by atoms with Crippen LogP contribution in [0.3, 0.4) is 0 Å². The second-order valence-corrected chi connectivity index (χ2v) is 7.17. The number of aliphatic carboxylic acids is 1. The summed E-state index contributed by atoms with van der Waals surface area (Å²) in [6.45, 7) is 0. The predicted molar refractivity (Wildman–Crippen MR) is 104 cm³/mol. The largest absolute Gasteiger partial charge is 0.480 e. The van der Waals surface area contributed by atoms with Crippen LogP contribution in [0.1, 0.15) is 11.3 Å². The molecule has 1 atom stereocenters. The van der Waals surface area contributed by atoms with Crippen LogP contribution in [0.5, 0.6) is 0 Å². The van der Waals surface area contributed by atoms with Crippen molar-refractivity contribution in [2.45, 2.75) is 12.5 Å². The first-order chi connectivity index (χ1) is 12.6. The van der Waals surface area contributed by atoms with E-state index in [0.717, 1.165) is 17.3 Å². The topological polar surface area (TPSA) is 70.8 Å². The van der Waals surface area contributed by atoms with Gasteiger partial charge in [-0.15, -0.1) is 0 Å². The molecule has 3 rings (SSSR count). The van der Waals surface area contributed by atoms with E-state index >= 15 is 0 Å². The highest BCUT2D eigenvalue weighted by Gasteiger charge is 2.40. The smallest absolute Gasteiger partial charge is 0.327 e. The molecule has 1 aliphatic heterocycles. The molecule has 1 aliphatic rings. The van der Waals surface area contributed by atoms with Crippen molar-refractivity contribution in [3.63, 3.8) is 0 Å². The molecule has 2 aromatic rings. The number of carbonyl (C=O) groups excluding carboxylic acids is 1. The molecule has 1 fully saturated rings. The molecule has 2 heterocycles. The lowest BCUT2D eigenvalue weighted by Gasteiger charge is -2.23. The summed E-state index contributed by atoms with van der Waals surface area (Å²) < 4.78 is 5.43. The molecule has 0 radical (unpaired) electrons. The van der Waals surface area contributed by atoms with Crippen LogP contribution in [0.25, 0.3) is 6.08 Å². The van der Waals surface area contributed by atoms with Crippen molar-refractivity contribution >= 4 is 46.3 Å². The Morgan fingerprint density at radius 1 is 1.27 bits per heavy atom. The highest BCUT2D eigenvalue weighted by atomic mass is 32.2. The van der Waals surface area contributed by atoms with Crippen LogP contribution >= 0.6 is 24.0 Å². The number of carbonyl (C=O) groups is 2. The first-order valence-corrected chi connectivity index (χ1v) is 9.02. The zero-order valence-electron chi connectivity index (χ0n) is 13.6. The number of hydrogen-bond acceptors (Lipinski definition) is 5. The van der Waals surface area contributed by atoms with E-state index in [1.807, 2.05) is 30.3 Å². The monoisotopic (exact) mass is 385 g/mol. The van der Waals surface area contributed by atoms with Gasteiger partial charge in [0.25, 0.3) is 5.91 Å². The van der Waals surface area contributed by atoms with Crippen molar-refractivity contribution < 1.29 is 19.1 Å². The zero-order chi connectivity index (χ0) is 18.5. The number of thioether (sulfide) groups is 1. The third kappa shape index (κ3) is 4.12. The molecule has 7 heteroatoms. The van der Waals surface area contributed by atoms with Gasteiger partial charge in [-0.2, -0.15) is 0 Å². The van der Waals surface area contributed by atoms with Crippen LogP contribution in [0.2, 0.25) is 0 Å². The third-order valence-electron chi connectivity index (χ3n) is 3.74. The molecular formula is C19H15NO4S2. The maximum Gasteiger partial charge on any atom is 0.327 e. The van der Waals surface area contributed by atoms with E-state index in [1.54, 1.807) is 36.6 Å². The number of carboxylic acid groups (broad SMARTS) is 1. The Morgan fingerprint density at radius 2 is 2.04 bits per heavy atom. The van der Waals surface area contributed by atoms with Crippen molar-refractivity contribution in [3.05, 3.63) is 77.1 Å². The van der Waals surface area contributed by atoms with Crippen molar-refractivity contribution in [1.29, 1.82) is 0 Å². The number of rotatable bonds is 6. The van der Waals surface area contributed by atoms with Crippen LogP contribution in [0, 0.1) is 0 Å². The fraction of sp³-hybridized carbons (Fsp3) is 0.105. The van der Waals surface area contributed by atoms with Gasteiger partial charge in [0, 0.05) is 6.42 Å². The second kappa shape index (κ2) is 8.16. The normalized spacial score (nSPS) is 17.4. The van der Waals surface area contributed by atoms with Crippen LogP contribution in [-0.4, -0.2) is 32.2 Å². The Kier molecular flexibility index (Phi) is 5.70. The quantitative estimate of drug-likeness (QED) is 0.603. The number of amides is 1. The molecule has 1 N–H and O–H groups in total. The Bertz CT molecular complexity index is 872. The van der Waals surface area contributed by atoms with E-state index in [9.17, 15) is 14.7 Å². The van der Waals surface area contributed by atoms with Crippen molar-refractivity contribution in [1.82, 2.24) is 4.90 Å². The summed E-state index contributed by atoms with van der Waals surface area (Å²) in [6, 6.07) is 11.7. The summed E-state index contributed by atoms with van der Waals surface area (Å²) in [5, 5.41) is 9.61. The van der Waals surface area contributed by atoms with Crippen LogP contribution in [0.4, 0.5) is 0 Å². The molecule has 1 amide bonds. The molecule has 1 aromatic heterocycles. The Hall–Kier alpha value is -2.64. The highest BCUT2D eigenvalue weighted by molar-refractivity contribution is 8.26. The van der Waals surface area contributed by atoms with Crippen molar-refractivity contribution in [3.8, 4) is 0 Å². The highest BCUT2D eigenvalue weighted by Crippen LogP contribution is 2.33. The summed E-state index contributed by atoms with van der Waals surface area (Å²) in [5.74, 6) is -0.825. The zero-order valence-corrected chi connectivity index (χ0v) is 15.2. The predicted octanol–water partition coefficient (Wildman–Crippen LogP) is 3.73. The Balaban J connectivity index is 1.79. The molecule has 0 saturated carbocycles. The van der Waals surface area contributed by atoms with Gasteiger partial charge in [0.2, 0.25) is 0 Å². The third-order valence-corrected chi connectivity index (χ3v) is 5.09. The number of benzene rings is 1. The second-order valence-electron chi connectivity index (χ2n) is 5.49. The molecule has 1 aromatic carbocycles. The van der Waals surface area contributed by atoms with Gasteiger partial charge in [0.1, 0.15) is 16.1 Å². The lowest BCUT2D eigenvalue weighted by molar-refractivity contribution is -0.145. The maximum absolute atomic E-state index is 12.7. The number of allylic oxidation sites excluding steroid dienone is 2. The van der Waals surface area contributed by atoms with E-state index in [-0.39, 0.29) is 10.7 Å². The summed E-state index contributed by atoms with van der Waals surface area (Å²) >= 11 is 6.36. The van der Waals surface area contributed by atoms with Gasteiger partial charge >= 0.3 is 5.97 Å². The molecule has 1 saturated heterocycles. The fourth-order valence-corrected chi connectivity index (χ4v) is 3.81. The lowest BCUT2D eigenvalue weighted by atomic mass is 10.0. The number of carboxylic acids is 1. The van der Waals surface area contributed by atoms with Gasteiger partial charge in [0.15, 0.2) is 0 Å². The summed E-state index contributed by atoms with van der Waals surface area (Å²) in [4.78, 5) is 26.0. The van der Waals surface area contributed by atoms with E-state index in [4.69, 9.17) is 16.6 Å². The average Bonchev–Trinajstić information content (AvgIpc) is 3.23. The van der Waals surface area contributed by atoms with E-state index in [2.05, 4.69) is 0 Å². The summed E-state index contributed by atoms with van der Waals surface area (Å²) in [6.07, 6.45) is 6.75. The molecule has 5 nitrogen and oxygen atoms in total. The minimum atomic E-state index is -1.09. The van der Waals surface area contributed by atoms with Crippen LogP contribution in [0.15, 0.2) is 70.2 Å². The molecule has 26 heavy (non-hydrogen) atoms. The number of hydrogen-bond donors (Lipinski definition) is 1. The minimum absolute atomic E-state index is 0.193. The first-order valence-electron chi connectivity index (χ1n) is 7.80. The van der Waals surface area contributed by atoms with Gasteiger partial charge < -0.3 is 9.52 Å². The molecular weight excluding hydrogens is 370 g/mol.